The van der Waals surface area contributed by atoms with Gasteiger partial charge >= 0.3 is 0 Å². The maximum absolute atomic E-state index is 12.7. The molecule has 1 fully saturated rings. The molecular formula is C22H23N3O6. The highest BCUT2D eigenvalue weighted by Gasteiger charge is 2.35. The summed E-state index contributed by atoms with van der Waals surface area (Å²) >= 11 is 0. The molecule has 31 heavy (non-hydrogen) atoms. The Bertz CT molecular complexity index is 1050. The van der Waals surface area contributed by atoms with Crippen molar-refractivity contribution in [3.05, 3.63) is 42.3 Å². The van der Waals surface area contributed by atoms with E-state index in [9.17, 15) is 4.79 Å². The fourth-order valence-corrected chi connectivity index (χ4v) is 3.53. The average Bonchev–Trinajstić information content (AvgIpc) is 3.45. The van der Waals surface area contributed by atoms with Crippen molar-refractivity contribution in [2.45, 2.75) is 12.3 Å². The average molecular weight is 425 g/mol. The summed E-state index contributed by atoms with van der Waals surface area (Å²) in [5.41, 5.74) is 1.39. The van der Waals surface area contributed by atoms with E-state index in [4.69, 9.17) is 23.5 Å². The molecule has 1 unspecified atom stereocenters. The third-order valence-corrected chi connectivity index (χ3v) is 5.17. The number of ether oxygens (including phenoxy) is 4. The van der Waals surface area contributed by atoms with Gasteiger partial charge in [0.15, 0.2) is 0 Å². The lowest BCUT2D eigenvalue weighted by atomic mass is 10.1. The van der Waals surface area contributed by atoms with E-state index in [1.54, 1.807) is 69.7 Å². The zero-order valence-corrected chi connectivity index (χ0v) is 17.7. The Morgan fingerprint density at radius 2 is 1.42 bits per heavy atom. The number of carbonyl (C=O) groups excluding carboxylic acids is 1. The van der Waals surface area contributed by atoms with E-state index in [0.29, 0.717) is 52.5 Å². The molecule has 9 heteroatoms. The number of rotatable bonds is 7. The van der Waals surface area contributed by atoms with E-state index < -0.39 is 0 Å². The molecule has 0 saturated carbocycles. The number of nitrogens with zero attached hydrogens (tertiary/aromatic N) is 3. The third kappa shape index (κ3) is 4.11. The molecule has 162 valence electrons. The molecule has 2 aromatic carbocycles. The third-order valence-electron chi connectivity index (χ3n) is 5.17. The van der Waals surface area contributed by atoms with Gasteiger partial charge in [0.25, 0.3) is 0 Å². The van der Waals surface area contributed by atoms with Crippen molar-refractivity contribution in [3.8, 4) is 34.4 Å². The van der Waals surface area contributed by atoms with E-state index in [0.717, 1.165) is 0 Å². The van der Waals surface area contributed by atoms with Crippen molar-refractivity contribution in [3.63, 3.8) is 0 Å². The topological polar surface area (TPSA) is 96.2 Å². The molecule has 1 aromatic heterocycles. The van der Waals surface area contributed by atoms with Crippen LogP contribution >= 0.6 is 0 Å². The minimum Gasteiger partial charge on any atom is -0.497 e. The van der Waals surface area contributed by atoms with Gasteiger partial charge in [0, 0.05) is 42.8 Å². The van der Waals surface area contributed by atoms with Gasteiger partial charge in [-0.25, -0.2) is 0 Å². The second-order valence-electron chi connectivity index (χ2n) is 7.03. The second kappa shape index (κ2) is 8.55. The van der Waals surface area contributed by atoms with Gasteiger partial charge in [0.1, 0.15) is 23.0 Å². The Kier molecular flexibility index (Phi) is 5.66. The van der Waals surface area contributed by atoms with Gasteiger partial charge in [-0.1, -0.05) is 5.16 Å². The van der Waals surface area contributed by atoms with Crippen LogP contribution < -0.4 is 23.8 Å². The van der Waals surface area contributed by atoms with Crippen LogP contribution in [0.2, 0.25) is 0 Å². The van der Waals surface area contributed by atoms with Crippen molar-refractivity contribution < 1.29 is 28.3 Å². The van der Waals surface area contributed by atoms with Crippen molar-refractivity contribution in [1.82, 2.24) is 10.1 Å². The molecule has 9 nitrogen and oxygen atoms in total. The lowest BCUT2D eigenvalue weighted by molar-refractivity contribution is -0.117. The van der Waals surface area contributed by atoms with Crippen molar-refractivity contribution in [2.75, 3.05) is 39.9 Å². The summed E-state index contributed by atoms with van der Waals surface area (Å²) in [5, 5.41) is 4.09. The lowest BCUT2D eigenvalue weighted by Gasteiger charge is -2.18. The highest BCUT2D eigenvalue weighted by molar-refractivity contribution is 5.96. The second-order valence-corrected chi connectivity index (χ2v) is 7.03. The summed E-state index contributed by atoms with van der Waals surface area (Å²) in [6.07, 6.45) is 0.266. The predicted molar refractivity (Wildman–Crippen MR) is 112 cm³/mol. The Morgan fingerprint density at radius 1 is 0.871 bits per heavy atom. The summed E-state index contributed by atoms with van der Waals surface area (Å²) < 4.78 is 26.7. The normalized spacial score (nSPS) is 15.8. The molecule has 0 radical (unpaired) electrons. The van der Waals surface area contributed by atoms with Crippen molar-refractivity contribution in [1.29, 1.82) is 0 Å². The Labute approximate surface area is 179 Å². The van der Waals surface area contributed by atoms with Crippen molar-refractivity contribution in [2.24, 2.45) is 0 Å². The number of amides is 1. The molecule has 1 saturated heterocycles. The SMILES string of the molecule is COc1cc(OC)cc(-c2noc(C3CC(=O)N(c4cc(OC)cc(OC)c4)C3)n2)c1. The first-order chi connectivity index (χ1) is 15.0. The largest absolute Gasteiger partial charge is 0.497 e. The minimum atomic E-state index is -0.224. The number of methoxy groups -OCH3 is 4. The Morgan fingerprint density at radius 3 is 1.97 bits per heavy atom. The van der Waals surface area contributed by atoms with E-state index in [-0.39, 0.29) is 18.2 Å². The van der Waals surface area contributed by atoms with E-state index >= 15 is 0 Å². The molecule has 3 aromatic rings. The predicted octanol–water partition coefficient (Wildman–Crippen LogP) is 3.29. The maximum atomic E-state index is 12.7. The van der Waals surface area contributed by atoms with Crippen LogP contribution in [0.3, 0.4) is 0 Å². The molecule has 0 spiro atoms. The highest BCUT2D eigenvalue weighted by atomic mass is 16.5. The van der Waals surface area contributed by atoms with Crippen LogP contribution in [0.1, 0.15) is 18.2 Å². The molecule has 2 heterocycles. The Balaban J connectivity index is 1.58. The fraction of sp³-hybridized carbons (Fsp3) is 0.318. The van der Waals surface area contributed by atoms with Gasteiger partial charge in [-0.2, -0.15) is 4.98 Å². The van der Waals surface area contributed by atoms with Crippen LogP contribution in [0.25, 0.3) is 11.4 Å². The molecule has 0 bridgehead atoms. The minimum absolute atomic E-state index is 0.0388. The molecular weight excluding hydrogens is 402 g/mol. The fourth-order valence-electron chi connectivity index (χ4n) is 3.53. The van der Waals surface area contributed by atoms with Gasteiger partial charge in [-0.3, -0.25) is 4.79 Å². The zero-order valence-electron chi connectivity index (χ0n) is 17.7. The maximum Gasteiger partial charge on any atom is 0.232 e. The summed E-state index contributed by atoms with van der Waals surface area (Å²) in [6, 6.07) is 10.7. The smallest absolute Gasteiger partial charge is 0.232 e. The number of aromatic nitrogens is 2. The van der Waals surface area contributed by atoms with Crippen LogP contribution in [-0.2, 0) is 4.79 Å². The lowest BCUT2D eigenvalue weighted by Crippen LogP contribution is -2.24. The van der Waals surface area contributed by atoms with Crippen LogP contribution in [0.5, 0.6) is 23.0 Å². The standard InChI is InChI=1S/C22H23N3O6/c1-27-16-5-13(6-17(10-16)28-2)21-23-22(31-24-21)14-7-20(26)25(12-14)15-8-18(29-3)11-19(9-15)30-4/h5-6,8-11,14H,7,12H2,1-4H3. The van der Waals surface area contributed by atoms with Crippen LogP contribution in [0.4, 0.5) is 5.69 Å². The number of benzene rings is 2. The quantitative estimate of drug-likeness (QED) is 0.569. The first-order valence-electron chi connectivity index (χ1n) is 9.65. The number of hydrogen-bond donors (Lipinski definition) is 0. The molecule has 0 N–H and O–H groups in total. The van der Waals surface area contributed by atoms with Crippen LogP contribution in [-0.4, -0.2) is 51.0 Å². The van der Waals surface area contributed by atoms with E-state index in [2.05, 4.69) is 10.1 Å². The van der Waals surface area contributed by atoms with Gasteiger partial charge < -0.3 is 28.4 Å². The molecule has 1 aliphatic rings. The Hall–Kier alpha value is -3.75. The summed E-state index contributed by atoms with van der Waals surface area (Å²) in [5.74, 6) is 3.00. The van der Waals surface area contributed by atoms with Gasteiger partial charge in [-0.05, 0) is 12.1 Å². The summed E-state index contributed by atoms with van der Waals surface area (Å²) in [6.45, 7) is 0.415. The number of carbonyl (C=O) groups is 1. The van der Waals surface area contributed by atoms with Crippen molar-refractivity contribution >= 4 is 11.6 Å². The van der Waals surface area contributed by atoms with Gasteiger partial charge in [0.05, 0.1) is 40.0 Å². The first kappa shape index (κ1) is 20.5. The summed E-state index contributed by atoms with van der Waals surface area (Å²) in [4.78, 5) is 18.9. The molecule has 0 aliphatic carbocycles. The monoisotopic (exact) mass is 425 g/mol. The number of anilines is 1. The molecule has 1 atom stereocenters. The highest BCUT2D eigenvalue weighted by Crippen LogP contribution is 2.36. The summed E-state index contributed by atoms with van der Waals surface area (Å²) in [7, 11) is 6.29. The number of hydrogen-bond acceptors (Lipinski definition) is 8. The van der Waals surface area contributed by atoms with Gasteiger partial charge in [0.2, 0.25) is 17.6 Å². The zero-order chi connectivity index (χ0) is 22.0. The molecule has 4 rings (SSSR count). The van der Waals surface area contributed by atoms with Crippen LogP contribution in [0.15, 0.2) is 40.9 Å². The van der Waals surface area contributed by atoms with E-state index in [1.807, 2.05) is 0 Å². The molecule has 1 amide bonds. The van der Waals surface area contributed by atoms with Crippen LogP contribution in [0, 0.1) is 0 Å². The van der Waals surface area contributed by atoms with E-state index in [1.165, 1.54) is 0 Å². The first-order valence-corrected chi connectivity index (χ1v) is 9.65. The molecule has 1 aliphatic heterocycles. The van der Waals surface area contributed by atoms with Gasteiger partial charge in [-0.15, -0.1) is 0 Å².